The molecule has 2 aliphatic rings. The maximum Gasteiger partial charge on any atom is 0.276 e. The predicted molar refractivity (Wildman–Crippen MR) is 107 cm³/mol. The van der Waals surface area contributed by atoms with Gasteiger partial charge in [0.25, 0.3) is 10.0 Å². The van der Waals surface area contributed by atoms with E-state index >= 15 is 0 Å². The van der Waals surface area contributed by atoms with Crippen LogP contribution < -0.4 is 0 Å². The summed E-state index contributed by atoms with van der Waals surface area (Å²) < 4.78 is 33.0. The van der Waals surface area contributed by atoms with E-state index in [1.807, 2.05) is 11.8 Å². The number of aromatic amines is 1. The number of carbonyl (C=O) groups excluding carboxylic acids is 1. The van der Waals surface area contributed by atoms with Crippen LogP contribution in [0.5, 0.6) is 0 Å². The Kier molecular flexibility index (Phi) is 5.52. The number of aromatic nitrogens is 2. The lowest BCUT2D eigenvalue weighted by Crippen LogP contribution is -2.46. The van der Waals surface area contributed by atoms with E-state index in [1.54, 1.807) is 12.1 Å². The second-order valence-electron chi connectivity index (χ2n) is 8.26. The van der Waals surface area contributed by atoms with Gasteiger partial charge in [0, 0.05) is 37.8 Å². The molecule has 2 aromatic rings. The molecule has 4 rings (SSSR count). The molecule has 1 atom stereocenters. The summed E-state index contributed by atoms with van der Waals surface area (Å²) in [6.45, 7) is 6.35. The van der Waals surface area contributed by atoms with Crippen LogP contribution in [-0.4, -0.2) is 59.9 Å². The highest BCUT2D eigenvalue weighted by Crippen LogP contribution is 2.29. The number of carbonyl (C=O) groups is 1. The fraction of sp³-hybridized carbons (Fsp3) is 0.600. The summed E-state index contributed by atoms with van der Waals surface area (Å²) in [7, 11) is -3.72. The number of hydrogen-bond acceptors (Lipinski definition) is 5. The second-order valence-corrected chi connectivity index (χ2v) is 10.1. The zero-order chi connectivity index (χ0) is 20.6. The minimum atomic E-state index is -3.72. The fourth-order valence-corrected chi connectivity index (χ4v) is 5.64. The number of furan rings is 1. The molecule has 0 spiro atoms. The topological polar surface area (TPSA) is 99.5 Å². The molecule has 4 heterocycles. The van der Waals surface area contributed by atoms with Gasteiger partial charge in [-0.1, -0.05) is 6.92 Å². The Hall–Kier alpha value is -2.13. The Labute approximate surface area is 171 Å². The number of likely N-dealkylation sites (tertiary alicyclic amines) is 1. The van der Waals surface area contributed by atoms with Gasteiger partial charge in [-0.25, -0.2) is 8.42 Å². The normalized spacial score (nSPS) is 22.1. The molecule has 1 amide bonds. The number of nitrogens with zero attached hydrogens (tertiary/aromatic N) is 3. The summed E-state index contributed by atoms with van der Waals surface area (Å²) in [5, 5.41) is 6.84. The average molecular weight is 421 g/mol. The number of H-pyrrole nitrogens is 1. The smallest absolute Gasteiger partial charge is 0.276 e. The maximum absolute atomic E-state index is 13.0. The molecule has 2 fully saturated rings. The SMILES string of the molecule is Cc1cc(-c2ccc(S(=O)(=O)N3CCC(C(=O)N4CCC[C@H](C)C4)CC3)o2)n[nH]1. The molecular formula is C20H28N4O4S. The molecule has 0 bridgehead atoms. The van der Waals surface area contributed by atoms with Crippen molar-refractivity contribution in [2.45, 2.75) is 44.6 Å². The van der Waals surface area contributed by atoms with E-state index in [0.717, 1.165) is 25.2 Å². The minimum Gasteiger partial charge on any atom is -0.442 e. The molecule has 9 heteroatoms. The van der Waals surface area contributed by atoms with Crippen LogP contribution in [0.2, 0.25) is 0 Å². The van der Waals surface area contributed by atoms with Crippen molar-refractivity contribution in [1.82, 2.24) is 19.4 Å². The molecule has 2 aromatic heterocycles. The van der Waals surface area contributed by atoms with Crippen molar-refractivity contribution in [3.63, 3.8) is 0 Å². The van der Waals surface area contributed by atoms with E-state index in [-0.39, 0.29) is 16.9 Å². The Morgan fingerprint density at radius 1 is 1.21 bits per heavy atom. The molecule has 0 aliphatic carbocycles. The van der Waals surface area contributed by atoms with Gasteiger partial charge in [-0.3, -0.25) is 9.89 Å². The molecule has 2 aliphatic heterocycles. The van der Waals surface area contributed by atoms with Crippen LogP contribution in [-0.2, 0) is 14.8 Å². The van der Waals surface area contributed by atoms with E-state index in [4.69, 9.17) is 4.42 Å². The number of nitrogens with one attached hydrogen (secondary N) is 1. The third-order valence-electron chi connectivity index (χ3n) is 5.91. The summed E-state index contributed by atoms with van der Waals surface area (Å²) in [6.07, 6.45) is 3.32. The van der Waals surface area contributed by atoms with E-state index in [1.165, 1.54) is 16.8 Å². The Bertz CT molecular complexity index is 972. The average Bonchev–Trinajstić information content (AvgIpc) is 3.37. The van der Waals surface area contributed by atoms with E-state index in [2.05, 4.69) is 17.1 Å². The number of hydrogen-bond donors (Lipinski definition) is 1. The Morgan fingerprint density at radius 2 is 1.97 bits per heavy atom. The summed E-state index contributed by atoms with van der Waals surface area (Å²) in [5.74, 6) is 1.05. The van der Waals surface area contributed by atoms with Crippen LogP contribution >= 0.6 is 0 Å². The van der Waals surface area contributed by atoms with Gasteiger partial charge in [0.05, 0.1) is 0 Å². The molecular weight excluding hydrogens is 392 g/mol. The number of aryl methyl sites for hydroxylation is 1. The van der Waals surface area contributed by atoms with Crippen molar-refractivity contribution >= 4 is 15.9 Å². The van der Waals surface area contributed by atoms with E-state index in [9.17, 15) is 13.2 Å². The molecule has 0 saturated carbocycles. The van der Waals surface area contributed by atoms with Gasteiger partial charge < -0.3 is 9.32 Å². The van der Waals surface area contributed by atoms with Crippen LogP contribution in [0.3, 0.4) is 0 Å². The van der Waals surface area contributed by atoms with Crippen molar-refractivity contribution in [2.75, 3.05) is 26.2 Å². The van der Waals surface area contributed by atoms with Crippen molar-refractivity contribution in [3.8, 4) is 11.5 Å². The van der Waals surface area contributed by atoms with Gasteiger partial charge in [0.1, 0.15) is 5.69 Å². The van der Waals surface area contributed by atoms with Crippen LogP contribution in [0.4, 0.5) is 0 Å². The number of sulfonamides is 1. The molecule has 29 heavy (non-hydrogen) atoms. The van der Waals surface area contributed by atoms with Crippen LogP contribution in [0.1, 0.15) is 38.3 Å². The first-order valence-corrected chi connectivity index (χ1v) is 11.7. The third-order valence-corrected chi connectivity index (χ3v) is 7.68. The predicted octanol–water partition coefficient (Wildman–Crippen LogP) is 2.64. The maximum atomic E-state index is 13.0. The summed E-state index contributed by atoms with van der Waals surface area (Å²) in [5.41, 5.74) is 1.44. The lowest BCUT2D eigenvalue weighted by Gasteiger charge is -2.36. The Balaban J connectivity index is 1.40. The van der Waals surface area contributed by atoms with Gasteiger partial charge in [0.15, 0.2) is 5.76 Å². The van der Waals surface area contributed by atoms with Gasteiger partial charge in [-0.2, -0.15) is 9.40 Å². The van der Waals surface area contributed by atoms with Crippen molar-refractivity contribution in [3.05, 3.63) is 23.9 Å². The highest BCUT2D eigenvalue weighted by atomic mass is 32.2. The monoisotopic (exact) mass is 420 g/mol. The van der Waals surface area contributed by atoms with Gasteiger partial charge in [-0.05, 0) is 56.7 Å². The summed E-state index contributed by atoms with van der Waals surface area (Å²) in [4.78, 5) is 14.8. The lowest BCUT2D eigenvalue weighted by molar-refractivity contribution is -0.138. The molecule has 0 unspecified atom stereocenters. The third kappa shape index (κ3) is 4.11. The molecule has 2 saturated heterocycles. The number of rotatable bonds is 4. The summed E-state index contributed by atoms with van der Waals surface area (Å²) >= 11 is 0. The van der Waals surface area contributed by atoms with Crippen LogP contribution in [0.25, 0.3) is 11.5 Å². The second kappa shape index (κ2) is 7.95. The number of piperidine rings is 2. The first-order valence-electron chi connectivity index (χ1n) is 10.3. The van der Waals surface area contributed by atoms with Crippen molar-refractivity contribution in [1.29, 1.82) is 0 Å². The quantitative estimate of drug-likeness (QED) is 0.820. The zero-order valence-corrected chi connectivity index (χ0v) is 17.7. The van der Waals surface area contributed by atoms with Gasteiger partial charge >= 0.3 is 0 Å². The molecule has 1 N–H and O–H groups in total. The first kappa shape index (κ1) is 20.2. The van der Waals surface area contributed by atoms with Gasteiger partial charge in [0.2, 0.25) is 11.0 Å². The van der Waals surface area contributed by atoms with Gasteiger partial charge in [-0.15, -0.1) is 0 Å². The minimum absolute atomic E-state index is 0.0808. The highest BCUT2D eigenvalue weighted by molar-refractivity contribution is 7.89. The molecule has 0 aromatic carbocycles. The van der Waals surface area contributed by atoms with Crippen LogP contribution in [0, 0.1) is 18.8 Å². The molecule has 158 valence electrons. The highest BCUT2D eigenvalue weighted by Gasteiger charge is 2.36. The zero-order valence-electron chi connectivity index (χ0n) is 16.9. The lowest BCUT2D eigenvalue weighted by atomic mass is 9.93. The number of amides is 1. The van der Waals surface area contributed by atoms with Crippen molar-refractivity contribution < 1.29 is 17.6 Å². The fourth-order valence-electron chi connectivity index (χ4n) is 4.26. The first-order chi connectivity index (χ1) is 13.8. The standard InChI is InChI=1S/C20H28N4O4S/c1-14-4-3-9-23(13-14)20(25)16-7-10-24(11-8-16)29(26,27)19-6-5-18(28-19)17-12-15(2)21-22-17/h5-6,12,14,16H,3-4,7-11,13H2,1-2H3,(H,21,22)/t14-/m0/s1. The largest absolute Gasteiger partial charge is 0.442 e. The van der Waals surface area contributed by atoms with E-state index < -0.39 is 10.0 Å². The van der Waals surface area contributed by atoms with Crippen LogP contribution in [0.15, 0.2) is 27.7 Å². The summed E-state index contributed by atoms with van der Waals surface area (Å²) in [6, 6.07) is 4.89. The van der Waals surface area contributed by atoms with Crippen molar-refractivity contribution in [2.24, 2.45) is 11.8 Å². The molecule has 0 radical (unpaired) electrons. The van der Waals surface area contributed by atoms with E-state index in [0.29, 0.717) is 43.3 Å². The Morgan fingerprint density at radius 3 is 2.62 bits per heavy atom. The molecule has 8 nitrogen and oxygen atoms in total.